The van der Waals surface area contributed by atoms with Gasteiger partial charge in [0.25, 0.3) is 5.91 Å². The third-order valence-electron chi connectivity index (χ3n) is 4.99. The molecule has 2 aliphatic heterocycles. The number of ether oxygens (including phenoxy) is 1. The van der Waals surface area contributed by atoms with Gasteiger partial charge in [0.1, 0.15) is 5.82 Å². The molecule has 2 amide bonds. The predicted molar refractivity (Wildman–Crippen MR) is 96.3 cm³/mol. The SMILES string of the molecule is CN=[S@]1(=O)CC[C@@H](c2ccc(N3C[C@H](C(=O)NC)OC3=O)cc2F)CC1. The summed E-state index contributed by atoms with van der Waals surface area (Å²) in [4.78, 5) is 24.8. The minimum atomic E-state index is -2.13. The maximum atomic E-state index is 14.7. The molecule has 0 bridgehead atoms. The summed E-state index contributed by atoms with van der Waals surface area (Å²) in [6, 6.07) is 4.60. The number of carbonyl (C=O) groups excluding carboxylic acids is 2. The zero-order valence-electron chi connectivity index (χ0n) is 14.7. The number of nitrogens with one attached hydrogen (secondary N) is 1. The Labute approximate surface area is 152 Å². The van der Waals surface area contributed by atoms with Gasteiger partial charge < -0.3 is 10.1 Å². The number of amides is 2. The molecule has 0 aliphatic carbocycles. The van der Waals surface area contributed by atoms with Crippen LogP contribution in [0.5, 0.6) is 0 Å². The Morgan fingerprint density at radius 3 is 2.65 bits per heavy atom. The predicted octanol–water partition coefficient (Wildman–Crippen LogP) is 1.87. The highest BCUT2D eigenvalue weighted by Crippen LogP contribution is 2.33. The van der Waals surface area contributed by atoms with Crippen molar-refractivity contribution in [1.29, 1.82) is 0 Å². The van der Waals surface area contributed by atoms with Gasteiger partial charge in [0.2, 0.25) is 0 Å². The second-order valence-corrected chi connectivity index (χ2v) is 9.17. The van der Waals surface area contributed by atoms with Crippen LogP contribution in [0.25, 0.3) is 0 Å². The smallest absolute Gasteiger partial charge is 0.415 e. The number of anilines is 1. The van der Waals surface area contributed by atoms with Gasteiger partial charge in [-0.1, -0.05) is 6.07 Å². The molecule has 142 valence electrons. The third kappa shape index (κ3) is 3.53. The lowest BCUT2D eigenvalue weighted by molar-refractivity contribution is -0.127. The minimum Gasteiger partial charge on any atom is -0.434 e. The van der Waals surface area contributed by atoms with Crippen molar-refractivity contribution < 1.29 is 22.9 Å². The fourth-order valence-corrected chi connectivity index (χ4v) is 5.25. The van der Waals surface area contributed by atoms with Gasteiger partial charge in [0.15, 0.2) is 6.10 Å². The first-order valence-corrected chi connectivity index (χ1v) is 10.3. The van der Waals surface area contributed by atoms with Crippen molar-refractivity contribution in [2.75, 3.05) is 37.0 Å². The number of halogens is 1. The molecule has 26 heavy (non-hydrogen) atoms. The lowest BCUT2D eigenvalue weighted by atomic mass is 9.93. The fraction of sp³-hybridized carbons (Fsp3) is 0.529. The van der Waals surface area contributed by atoms with Gasteiger partial charge in [-0.3, -0.25) is 9.69 Å². The number of nitrogens with zero attached hydrogens (tertiary/aromatic N) is 2. The molecule has 9 heteroatoms. The van der Waals surface area contributed by atoms with Gasteiger partial charge in [0.05, 0.1) is 12.2 Å². The molecule has 2 heterocycles. The van der Waals surface area contributed by atoms with Crippen molar-refractivity contribution in [3.05, 3.63) is 29.6 Å². The molecule has 0 aromatic heterocycles. The molecule has 1 aromatic carbocycles. The van der Waals surface area contributed by atoms with E-state index in [9.17, 15) is 18.2 Å². The topological polar surface area (TPSA) is 88.1 Å². The quantitative estimate of drug-likeness (QED) is 0.863. The van der Waals surface area contributed by atoms with E-state index < -0.39 is 33.7 Å². The van der Waals surface area contributed by atoms with E-state index in [2.05, 4.69) is 9.68 Å². The van der Waals surface area contributed by atoms with E-state index in [1.807, 2.05) is 0 Å². The number of likely N-dealkylation sites (N-methyl/N-ethyl adjacent to an activating group) is 1. The molecule has 0 saturated carbocycles. The van der Waals surface area contributed by atoms with E-state index in [1.54, 1.807) is 19.2 Å². The van der Waals surface area contributed by atoms with Crippen LogP contribution in [0.2, 0.25) is 0 Å². The number of cyclic esters (lactones) is 1. The van der Waals surface area contributed by atoms with Crippen molar-refractivity contribution in [2.45, 2.75) is 24.9 Å². The summed E-state index contributed by atoms with van der Waals surface area (Å²) in [5.41, 5.74) is 0.910. The highest BCUT2D eigenvalue weighted by Gasteiger charge is 2.37. The van der Waals surface area contributed by atoms with Gasteiger partial charge >= 0.3 is 6.09 Å². The van der Waals surface area contributed by atoms with Gasteiger partial charge in [-0.05, 0) is 36.5 Å². The van der Waals surface area contributed by atoms with Crippen LogP contribution in [0.4, 0.5) is 14.9 Å². The van der Waals surface area contributed by atoms with E-state index in [4.69, 9.17) is 4.74 Å². The summed E-state index contributed by atoms with van der Waals surface area (Å²) in [6.45, 7) is 0.0424. The van der Waals surface area contributed by atoms with Crippen molar-refractivity contribution in [3.8, 4) is 0 Å². The third-order valence-corrected chi connectivity index (χ3v) is 7.40. The summed E-state index contributed by atoms with van der Waals surface area (Å²) in [5.74, 6) is 0.128. The summed E-state index contributed by atoms with van der Waals surface area (Å²) >= 11 is 0. The number of hydrogen-bond donors (Lipinski definition) is 1. The van der Waals surface area contributed by atoms with Crippen molar-refractivity contribution in [1.82, 2.24) is 5.32 Å². The van der Waals surface area contributed by atoms with Crippen LogP contribution in [-0.4, -0.2) is 54.5 Å². The number of hydrogen-bond acceptors (Lipinski definition) is 5. The second kappa shape index (κ2) is 7.22. The van der Waals surface area contributed by atoms with E-state index in [-0.39, 0.29) is 12.5 Å². The average molecular weight is 383 g/mol. The molecule has 1 aromatic rings. The van der Waals surface area contributed by atoms with Gasteiger partial charge in [-0.2, -0.15) is 0 Å². The summed E-state index contributed by atoms with van der Waals surface area (Å²) in [5, 5.41) is 2.43. The molecule has 2 saturated heterocycles. The van der Waals surface area contributed by atoms with Gasteiger partial charge in [-0.25, -0.2) is 17.8 Å². The van der Waals surface area contributed by atoms with E-state index in [0.29, 0.717) is 35.6 Å². The Balaban J connectivity index is 1.75. The van der Waals surface area contributed by atoms with Crippen LogP contribution in [0.1, 0.15) is 24.3 Å². The largest absolute Gasteiger partial charge is 0.434 e. The van der Waals surface area contributed by atoms with Gasteiger partial charge in [0, 0.05) is 35.3 Å². The highest BCUT2D eigenvalue weighted by atomic mass is 32.2. The van der Waals surface area contributed by atoms with Crippen LogP contribution < -0.4 is 10.2 Å². The molecule has 3 rings (SSSR count). The second-order valence-electron chi connectivity index (χ2n) is 6.44. The molecule has 2 aliphatic rings. The Hall–Kier alpha value is -2.16. The summed E-state index contributed by atoms with van der Waals surface area (Å²) < 4.78 is 35.9. The summed E-state index contributed by atoms with van der Waals surface area (Å²) in [6.07, 6.45) is -0.333. The first kappa shape index (κ1) is 18.6. The number of carbonyl (C=O) groups is 2. The Kier molecular flexibility index (Phi) is 5.17. The molecular weight excluding hydrogens is 361 g/mol. The maximum Gasteiger partial charge on any atom is 0.415 e. The van der Waals surface area contributed by atoms with Crippen molar-refractivity contribution in [3.63, 3.8) is 0 Å². The molecule has 1 atom stereocenters. The first-order chi connectivity index (χ1) is 12.4. The van der Waals surface area contributed by atoms with Crippen LogP contribution in [0.3, 0.4) is 0 Å². The molecule has 0 spiro atoms. The highest BCUT2D eigenvalue weighted by molar-refractivity contribution is 7.93. The molecule has 7 nitrogen and oxygen atoms in total. The Morgan fingerprint density at radius 1 is 1.38 bits per heavy atom. The van der Waals surface area contributed by atoms with E-state index in [0.717, 1.165) is 0 Å². The molecule has 2 fully saturated rings. The van der Waals surface area contributed by atoms with Crippen LogP contribution >= 0.6 is 0 Å². The van der Waals surface area contributed by atoms with E-state index in [1.165, 1.54) is 18.0 Å². The van der Waals surface area contributed by atoms with Crippen molar-refractivity contribution >= 4 is 27.4 Å². The summed E-state index contributed by atoms with van der Waals surface area (Å²) in [7, 11) is 0.897. The van der Waals surface area contributed by atoms with Crippen LogP contribution in [-0.2, 0) is 19.3 Å². The lowest BCUT2D eigenvalue weighted by Gasteiger charge is -2.25. The molecule has 1 N–H and O–H groups in total. The lowest BCUT2D eigenvalue weighted by Crippen LogP contribution is -2.35. The number of benzene rings is 1. The van der Waals surface area contributed by atoms with Crippen molar-refractivity contribution in [2.24, 2.45) is 4.36 Å². The molecule has 0 radical (unpaired) electrons. The van der Waals surface area contributed by atoms with Crippen LogP contribution in [0.15, 0.2) is 22.6 Å². The standard InChI is InChI=1S/C17H22FN3O4S/c1-19-16(22)15-10-21(17(23)25-15)12-3-4-13(14(18)9-12)11-5-7-26(24,20-2)8-6-11/h3-4,9,11,15H,5-8,10H2,1-2H3,(H,19,22)/t11-,15-,26+/m1/s1. The Morgan fingerprint density at radius 2 is 2.08 bits per heavy atom. The molecule has 0 unspecified atom stereocenters. The number of rotatable bonds is 3. The van der Waals surface area contributed by atoms with Crippen LogP contribution in [0, 0.1) is 5.82 Å². The molecular formula is C17H22FN3O4S. The normalized spacial score (nSPS) is 28.6. The van der Waals surface area contributed by atoms with Gasteiger partial charge in [-0.15, -0.1) is 0 Å². The average Bonchev–Trinajstić information content (AvgIpc) is 3.04. The van der Waals surface area contributed by atoms with E-state index >= 15 is 0 Å². The maximum absolute atomic E-state index is 14.7. The Bertz CT molecular complexity index is 836. The fourth-order valence-electron chi connectivity index (χ4n) is 3.38. The zero-order valence-corrected chi connectivity index (χ0v) is 15.6. The minimum absolute atomic E-state index is 0.00970. The zero-order chi connectivity index (χ0) is 18.9. The monoisotopic (exact) mass is 383 g/mol. The first-order valence-electron chi connectivity index (χ1n) is 8.46.